The number of carbonyl (C=O) groups is 2. The number of anilines is 1. The fourth-order valence-electron chi connectivity index (χ4n) is 2.71. The van der Waals surface area contributed by atoms with Crippen molar-refractivity contribution in [3.8, 4) is 0 Å². The number of hydrogen-bond donors (Lipinski definition) is 1. The van der Waals surface area contributed by atoms with Gasteiger partial charge < -0.3 is 5.32 Å². The van der Waals surface area contributed by atoms with Crippen LogP contribution in [0.3, 0.4) is 0 Å². The van der Waals surface area contributed by atoms with Gasteiger partial charge in [0.1, 0.15) is 0 Å². The molecule has 4 nitrogen and oxygen atoms in total. The SMILES string of the molecule is O=C1CC(NCCCC2CC2)C(=O)N1c1ccccc1. The van der Waals surface area contributed by atoms with Gasteiger partial charge in [0.15, 0.2) is 0 Å². The fraction of sp³-hybridized carbons (Fsp3) is 0.500. The van der Waals surface area contributed by atoms with E-state index in [1.807, 2.05) is 18.2 Å². The number of rotatable bonds is 6. The Labute approximate surface area is 119 Å². The molecule has 1 N–H and O–H groups in total. The predicted octanol–water partition coefficient (Wildman–Crippen LogP) is 2.10. The van der Waals surface area contributed by atoms with Crippen molar-refractivity contribution in [2.45, 2.75) is 38.1 Å². The van der Waals surface area contributed by atoms with Crippen LogP contribution in [0.5, 0.6) is 0 Å². The summed E-state index contributed by atoms with van der Waals surface area (Å²) in [5.41, 5.74) is 0.671. The van der Waals surface area contributed by atoms with E-state index in [2.05, 4.69) is 5.32 Å². The van der Waals surface area contributed by atoms with E-state index in [4.69, 9.17) is 0 Å². The Morgan fingerprint density at radius 2 is 1.90 bits per heavy atom. The number of para-hydroxylation sites is 1. The lowest BCUT2D eigenvalue weighted by atomic mass is 10.2. The molecule has 106 valence electrons. The second-order valence-electron chi connectivity index (χ2n) is 5.70. The molecule has 2 aliphatic rings. The third kappa shape index (κ3) is 2.90. The molecule has 0 aromatic heterocycles. The zero-order chi connectivity index (χ0) is 13.9. The van der Waals surface area contributed by atoms with Crippen LogP contribution in [0.25, 0.3) is 0 Å². The van der Waals surface area contributed by atoms with Gasteiger partial charge in [-0.2, -0.15) is 0 Å². The first-order chi connectivity index (χ1) is 9.75. The monoisotopic (exact) mass is 272 g/mol. The van der Waals surface area contributed by atoms with Crippen LogP contribution in [0.15, 0.2) is 30.3 Å². The largest absolute Gasteiger partial charge is 0.305 e. The molecule has 1 aromatic carbocycles. The molecule has 1 unspecified atom stereocenters. The van der Waals surface area contributed by atoms with Gasteiger partial charge in [0.2, 0.25) is 5.91 Å². The molecule has 1 saturated carbocycles. The summed E-state index contributed by atoms with van der Waals surface area (Å²) in [6, 6.07) is 8.80. The molecule has 1 heterocycles. The molecule has 0 bridgehead atoms. The van der Waals surface area contributed by atoms with E-state index >= 15 is 0 Å². The molecule has 1 aromatic rings. The number of imide groups is 1. The highest BCUT2D eigenvalue weighted by Crippen LogP contribution is 2.33. The normalized spacial score (nSPS) is 22.6. The first kappa shape index (κ1) is 13.3. The third-order valence-corrected chi connectivity index (χ3v) is 4.04. The zero-order valence-corrected chi connectivity index (χ0v) is 11.5. The van der Waals surface area contributed by atoms with E-state index in [0.29, 0.717) is 5.69 Å². The Balaban J connectivity index is 1.55. The second kappa shape index (κ2) is 5.75. The number of nitrogens with zero attached hydrogens (tertiary/aromatic N) is 1. The summed E-state index contributed by atoms with van der Waals surface area (Å²) in [6.45, 7) is 0.822. The van der Waals surface area contributed by atoms with Crippen LogP contribution >= 0.6 is 0 Å². The van der Waals surface area contributed by atoms with E-state index in [-0.39, 0.29) is 24.3 Å². The van der Waals surface area contributed by atoms with Crippen molar-refractivity contribution in [2.24, 2.45) is 5.92 Å². The van der Waals surface area contributed by atoms with E-state index in [9.17, 15) is 9.59 Å². The van der Waals surface area contributed by atoms with Crippen molar-refractivity contribution in [1.82, 2.24) is 5.32 Å². The number of nitrogens with one attached hydrogen (secondary N) is 1. The van der Waals surface area contributed by atoms with Crippen molar-refractivity contribution < 1.29 is 9.59 Å². The summed E-state index contributed by atoms with van der Waals surface area (Å²) in [5.74, 6) is 0.687. The van der Waals surface area contributed by atoms with Crippen molar-refractivity contribution >= 4 is 17.5 Å². The van der Waals surface area contributed by atoms with Crippen LogP contribution in [-0.2, 0) is 9.59 Å². The minimum atomic E-state index is -0.345. The molecule has 0 spiro atoms. The Kier molecular flexibility index (Phi) is 3.83. The van der Waals surface area contributed by atoms with Crippen LogP contribution in [0.1, 0.15) is 32.1 Å². The summed E-state index contributed by atoms with van der Waals surface area (Å²) in [7, 11) is 0. The van der Waals surface area contributed by atoms with Crippen molar-refractivity contribution in [3.05, 3.63) is 30.3 Å². The van der Waals surface area contributed by atoms with Crippen LogP contribution < -0.4 is 10.2 Å². The average molecular weight is 272 g/mol. The summed E-state index contributed by atoms with van der Waals surface area (Å²) in [5, 5.41) is 3.23. The number of hydrogen-bond acceptors (Lipinski definition) is 3. The van der Waals surface area contributed by atoms with E-state index in [0.717, 1.165) is 18.9 Å². The van der Waals surface area contributed by atoms with Gasteiger partial charge in [0.25, 0.3) is 5.91 Å². The van der Waals surface area contributed by atoms with Crippen LogP contribution in [0, 0.1) is 5.92 Å². The molecule has 0 radical (unpaired) electrons. The number of carbonyl (C=O) groups excluding carboxylic acids is 2. The Hall–Kier alpha value is -1.68. The first-order valence-corrected chi connectivity index (χ1v) is 7.41. The predicted molar refractivity (Wildman–Crippen MR) is 77.3 cm³/mol. The molecular weight excluding hydrogens is 252 g/mol. The van der Waals surface area contributed by atoms with Gasteiger partial charge in [-0.15, -0.1) is 0 Å². The zero-order valence-electron chi connectivity index (χ0n) is 11.5. The lowest BCUT2D eigenvalue weighted by Gasteiger charge is -2.15. The summed E-state index contributed by atoms with van der Waals surface area (Å²) in [6.07, 6.45) is 5.33. The standard InChI is InChI=1S/C16H20N2O2/c19-15-11-14(17-10-4-5-12-8-9-12)16(20)18(15)13-6-2-1-3-7-13/h1-3,6-7,12,14,17H,4-5,8-11H2. The third-order valence-electron chi connectivity index (χ3n) is 4.04. The van der Waals surface area contributed by atoms with E-state index in [1.165, 1.54) is 24.2 Å². The highest BCUT2D eigenvalue weighted by molar-refractivity contribution is 6.22. The van der Waals surface area contributed by atoms with Crippen LogP contribution in [-0.4, -0.2) is 24.4 Å². The quantitative estimate of drug-likeness (QED) is 0.637. The molecule has 1 saturated heterocycles. The highest BCUT2D eigenvalue weighted by atomic mass is 16.2. The maximum atomic E-state index is 12.3. The molecule has 3 rings (SSSR count). The number of amides is 2. The molecule has 1 aliphatic carbocycles. The van der Waals surface area contributed by atoms with Crippen molar-refractivity contribution in [2.75, 3.05) is 11.4 Å². The van der Waals surface area contributed by atoms with E-state index in [1.54, 1.807) is 12.1 Å². The second-order valence-corrected chi connectivity index (χ2v) is 5.70. The van der Waals surface area contributed by atoms with Crippen LogP contribution in [0.4, 0.5) is 5.69 Å². The minimum Gasteiger partial charge on any atom is -0.305 e. The number of benzene rings is 1. The van der Waals surface area contributed by atoms with E-state index < -0.39 is 0 Å². The highest BCUT2D eigenvalue weighted by Gasteiger charge is 2.39. The first-order valence-electron chi connectivity index (χ1n) is 7.41. The maximum Gasteiger partial charge on any atom is 0.251 e. The Morgan fingerprint density at radius 3 is 2.60 bits per heavy atom. The lowest BCUT2D eigenvalue weighted by Crippen LogP contribution is -2.39. The molecule has 2 fully saturated rings. The smallest absolute Gasteiger partial charge is 0.251 e. The van der Waals surface area contributed by atoms with Gasteiger partial charge in [-0.25, -0.2) is 4.90 Å². The average Bonchev–Trinajstić information content (AvgIpc) is 3.23. The summed E-state index contributed by atoms with van der Waals surface area (Å²) >= 11 is 0. The topological polar surface area (TPSA) is 49.4 Å². The molecule has 20 heavy (non-hydrogen) atoms. The Morgan fingerprint density at radius 1 is 1.15 bits per heavy atom. The molecule has 1 aliphatic heterocycles. The lowest BCUT2D eigenvalue weighted by molar-refractivity contribution is -0.121. The molecule has 2 amide bonds. The van der Waals surface area contributed by atoms with Gasteiger partial charge in [0.05, 0.1) is 18.2 Å². The minimum absolute atomic E-state index is 0.110. The Bertz CT molecular complexity index is 496. The van der Waals surface area contributed by atoms with Gasteiger partial charge >= 0.3 is 0 Å². The summed E-state index contributed by atoms with van der Waals surface area (Å²) < 4.78 is 0. The molecular formula is C16H20N2O2. The molecule has 4 heteroatoms. The van der Waals surface area contributed by atoms with Gasteiger partial charge in [-0.1, -0.05) is 31.0 Å². The fourth-order valence-corrected chi connectivity index (χ4v) is 2.71. The summed E-state index contributed by atoms with van der Waals surface area (Å²) in [4.78, 5) is 25.6. The van der Waals surface area contributed by atoms with Gasteiger partial charge in [-0.3, -0.25) is 9.59 Å². The van der Waals surface area contributed by atoms with Gasteiger partial charge in [-0.05, 0) is 37.4 Å². The van der Waals surface area contributed by atoms with Crippen molar-refractivity contribution in [1.29, 1.82) is 0 Å². The van der Waals surface area contributed by atoms with Crippen LogP contribution in [0.2, 0.25) is 0 Å². The van der Waals surface area contributed by atoms with Gasteiger partial charge in [0, 0.05) is 0 Å². The molecule has 1 atom stereocenters. The maximum absolute atomic E-state index is 12.3. The van der Waals surface area contributed by atoms with Crippen molar-refractivity contribution in [3.63, 3.8) is 0 Å².